The molecule has 3 heteroatoms. The maximum Gasteiger partial charge on any atom is 0.162 e. The van der Waals surface area contributed by atoms with Crippen LogP contribution in [0.1, 0.15) is 12.5 Å². The van der Waals surface area contributed by atoms with Crippen molar-refractivity contribution in [3.8, 4) is 0 Å². The van der Waals surface area contributed by atoms with E-state index in [1.54, 1.807) is 12.1 Å². The molecular formula is C12H13ClF2. The second-order valence-corrected chi connectivity index (χ2v) is 4.15. The van der Waals surface area contributed by atoms with E-state index < -0.39 is 17.0 Å². The number of hydrogen-bond donors (Lipinski definition) is 0. The largest absolute Gasteiger partial charge is 0.204 e. The first-order valence-electron chi connectivity index (χ1n) is 4.65. The van der Waals surface area contributed by atoms with E-state index >= 15 is 0 Å². The zero-order chi connectivity index (χ0) is 11.5. The summed E-state index contributed by atoms with van der Waals surface area (Å²) in [6.45, 7) is 5.51. The quantitative estimate of drug-likeness (QED) is 0.543. The fraction of sp³-hybridized carbons (Fsp3) is 0.333. The van der Waals surface area contributed by atoms with Gasteiger partial charge in [0.25, 0.3) is 0 Å². The van der Waals surface area contributed by atoms with Crippen LogP contribution in [0.2, 0.25) is 0 Å². The van der Waals surface area contributed by atoms with Gasteiger partial charge in [-0.1, -0.05) is 25.1 Å². The highest BCUT2D eigenvalue weighted by molar-refractivity contribution is 6.18. The average molecular weight is 231 g/mol. The van der Waals surface area contributed by atoms with Crippen LogP contribution in [0.3, 0.4) is 0 Å². The first kappa shape index (κ1) is 12.2. The molecule has 0 N–H and O–H groups in total. The van der Waals surface area contributed by atoms with Gasteiger partial charge in [-0.2, -0.15) is 0 Å². The van der Waals surface area contributed by atoms with E-state index in [1.807, 2.05) is 6.92 Å². The number of halogens is 3. The molecule has 0 spiro atoms. The lowest BCUT2D eigenvalue weighted by atomic mass is 9.85. The molecule has 1 rings (SSSR count). The van der Waals surface area contributed by atoms with Gasteiger partial charge in [0.2, 0.25) is 0 Å². The Hall–Kier alpha value is -0.890. The molecular weight excluding hydrogens is 218 g/mol. The lowest BCUT2D eigenvalue weighted by Crippen LogP contribution is -2.19. The monoisotopic (exact) mass is 230 g/mol. The van der Waals surface area contributed by atoms with Crippen molar-refractivity contribution in [1.82, 2.24) is 0 Å². The van der Waals surface area contributed by atoms with Gasteiger partial charge < -0.3 is 0 Å². The van der Waals surface area contributed by atoms with Gasteiger partial charge in [0.1, 0.15) is 0 Å². The van der Waals surface area contributed by atoms with E-state index in [-0.39, 0.29) is 0 Å². The smallest absolute Gasteiger partial charge is 0.162 e. The van der Waals surface area contributed by atoms with Gasteiger partial charge in [0.15, 0.2) is 11.6 Å². The Morgan fingerprint density at radius 1 is 1.47 bits per heavy atom. The predicted octanol–water partition coefficient (Wildman–Crippen LogP) is 3.94. The van der Waals surface area contributed by atoms with Crippen LogP contribution in [0.4, 0.5) is 8.78 Å². The third-order valence-electron chi connectivity index (χ3n) is 2.42. The van der Waals surface area contributed by atoms with Crippen LogP contribution in [0.15, 0.2) is 30.9 Å². The van der Waals surface area contributed by atoms with Crippen LogP contribution < -0.4 is 0 Å². The molecule has 0 fully saturated rings. The van der Waals surface area contributed by atoms with Crippen LogP contribution in [0.25, 0.3) is 0 Å². The van der Waals surface area contributed by atoms with E-state index in [9.17, 15) is 8.78 Å². The lowest BCUT2D eigenvalue weighted by molar-refractivity contribution is 0.449. The van der Waals surface area contributed by atoms with E-state index in [2.05, 4.69) is 6.58 Å². The minimum atomic E-state index is -0.825. The van der Waals surface area contributed by atoms with Crippen molar-refractivity contribution in [3.05, 3.63) is 48.1 Å². The summed E-state index contributed by atoms with van der Waals surface area (Å²) in [4.78, 5) is 0. The Morgan fingerprint density at radius 3 is 2.67 bits per heavy atom. The third kappa shape index (κ3) is 2.78. The highest BCUT2D eigenvalue weighted by Gasteiger charge is 2.22. The zero-order valence-corrected chi connectivity index (χ0v) is 9.32. The molecule has 0 saturated carbocycles. The molecule has 0 aliphatic heterocycles. The first-order chi connectivity index (χ1) is 7.02. The second-order valence-electron chi connectivity index (χ2n) is 3.88. The van der Waals surface area contributed by atoms with Gasteiger partial charge in [0, 0.05) is 11.3 Å². The average Bonchev–Trinajstić information content (AvgIpc) is 2.25. The third-order valence-corrected chi connectivity index (χ3v) is 3.03. The minimum Gasteiger partial charge on any atom is -0.204 e. The fourth-order valence-corrected chi connectivity index (χ4v) is 1.50. The summed E-state index contributed by atoms with van der Waals surface area (Å²) in [5.41, 5.74) is -0.0750. The van der Waals surface area contributed by atoms with Crippen molar-refractivity contribution in [3.63, 3.8) is 0 Å². The number of allylic oxidation sites excluding steroid dienone is 1. The summed E-state index contributed by atoms with van der Waals surface area (Å²) in [5, 5.41) is 0. The summed E-state index contributed by atoms with van der Waals surface area (Å²) in [7, 11) is 0. The Bertz CT molecular complexity index is 363. The SMILES string of the molecule is C=CC(C)(CCl)Cc1cccc(F)c1F. The van der Waals surface area contributed by atoms with Gasteiger partial charge in [0.05, 0.1) is 0 Å². The second kappa shape index (κ2) is 4.75. The summed E-state index contributed by atoms with van der Waals surface area (Å²) >= 11 is 5.76. The van der Waals surface area contributed by atoms with E-state index in [0.717, 1.165) is 6.07 Å². The molecule has 1 atom stereocenters. The van der Waals surface area contributed by atoms with Crippen molar-refractivity contribution in [2.75, 3.05) is 5.88 Å². The standard InChI is InChI=1S/C12H13ClF2/c1-3-12(2,8-13)7-9-5-4-6-10(14)11(9)15/h3-6H,1,7-8H2,2H3. The van der Waals surface area contributed by atoms with Crippen molar-refractivity contribution < 1.29 is 8.78 Å². The van der Waals surface area contributed by atoms with Crippen molar-refractivity contribution >= 4 is 11.6 Å². The van der Waals surface area contributed by atoms with Crippen LogP contribution >= 0.6 is 11.6 Å². The van der Waals surface area contributed by atoms with E-state index in [1.165, 1.54) is 6.07 Å². The summed E-state index contributed by atoms with van der Waals surface area (Å²) in [6, 6.07) is 4.16. The molecule has 1 aromatic rings. The van der Waals surface area contributed by atoms with Gasteiger partial charge in [-0.3, -0.25) is 0 Å². The molecule has 0 aliphatic carbocycles. The Labute approximate surface area is 93.6 Å². The molecule has 15 heavy (non-hydrogen) atoms. The summed E-state index contributed by atoms with van der Waals surface area (Å²) < 4.78 is 26.3. The van der Waals surface area contributed by atoms with Crippen molar-refractivity contribution in [2.24, 2.45) is 5.41 Å². The number of rotatable bonds is 4. The van der Waals surface area contributed by atoms with Crippen LogP contribution in [0.5, 0.6) is 0 Å². The topological polar surface area (TPSA) is 0 Å². The Balaban J connectivity index is 2.98. The Morgan fingerprint density at radius 2 is 2.13 bits per heavy atom. The highest BCUT2D eigenvalue weighted by atomic mass is 35.5. The van der Waals surface area contributed by atoms with Gasteiger partial charge in [-0.05, 0) is 18.1 Å². The Kier molecular flexibility index (Phi) is 3.86. The van der Waals surface area contributed by atoms with Gasteiger partial charge in [-0.25, -0.2) is 8.78 Å². The predicted molar refractivity (Wildman–Crippen MR) is 59.1 cm³/mol. The maximum absolute atomic E-state index is 13.4. The fourth-order valence-electron chi connectivity index (χ4n) is 1.29. The molecule has 0 bridgehead atoms. The highest BCUT2D eigenvalue weighted by Crippen LogP contribution is 2.27. The van der Waals surface area contributed by atoms with E-state index in [4.69, 9.17) is 11.6 Å². The minimum absolute atomic E-state index is 0.326. The number of hydrogen-bond acceptors (Lipinski definition) is 0. The summed E-state index contributed by atoms with van der Waals surface area (Å²) in [6.07, 6.45) is 2.02. The molecule has 1 aromatic carbocycles. The maximum atomic E-state index is 13.4. The first-order valence-corrected chi connectivity index (χ1v) is 5.18. The summed E-state index contributed by atoms with van der Waals surface area (Å²) in [5.74, 6) is -1.30. The lowest BCUT2D eigenvalue weighted by Gasteiger charge is -2.22. The molecule has 0 nitrogen and oxygen atoms in total. The molecule has 0 radical (unpaired) electrons. The van der Waals surface area contributed by atoms with Crippen molar-refractivity contribution in [2.45, 2.75) is 13.3 Å². The normalized spacial score (nSPS) is 14.7. The molecule has 0 amide bonds. The van der Waals surface area contributed by atoms with Crippen molar-refractivity contribution in [1.29, 1.82) is 0 Å². The number of benzene rings is 1. The molecule has 0 aliphatic rings. The van der Waals surface area contributed by atoms with Gasteiger partial charge >= 0.3 is 0 Å². The van der Waals surface area contributed by atoms with Crippen LogP contribution in [0, 0.1) is 17.0 Å². The molecule has 0 saturated heterocycles. The molecule has 0 heterocycles. The van der Waals surface area contributed by atoms with Crippen LogP contribution in [-0.2, 0) is 6.42 Å². The van der Waals surface area contributed by atoms with E-state index in [0.29, 0.717) is 17.9 Å². The van der Waals surface area contributed by atoms with Gasteiger partial charge in [-0.15, -0.1) is 18.2 Å². The molecule has 82 valence electrons. The van der Waals surface area contributed by atoms with Crippen LogP contribution in [-0.4, -0.2) is 5.88 Å². The molecule has 1 unspecified atom stereocenters. The number of alkyl halides is 1. The zero-order valence-electron chi connectivity index (χ0n) is 8.56. The molecule has 0 aromatic heterocycles.